The molecular weight excluding hydrogens is 468 g/mol. The normalized spacial score (nSPS) is 15.3. The van der Waals surface area contributed by atoms with Gasteiger partial charge in [0.05, 0.1) is 13.2 Å². The van der Waals surface area contributed by atoms with Gasteiger partial charge in [-0.25, -0.2) is 9.59 Å². The number of ether oxygens (including phenoxy) is 5. The van der Waals surface area contributed by atoms with E-state index in [1.807, 2.05) is 41.5 Å². The molecule has 1 aliphatic heterocycles. The van der Waals surface area contributed by atoms with E-state index in [0.717, 1.165) is 0 Å². The summed E-state index contributed by atoms with van der Waals surface area (Å²) < 4.78 is 27.1. The van der Waals surface area contributed by atoms with Crippen LogP contribution >= 0.6 is 0 Å². The van der Waals surface area contributed by atoms with Gasteiger partial charge >= 0.3 is 12.3 Å². The van der Waals surface area contributed by atoms with Gasteiger partial charge < -0.3 is 33.9 Å². The Hall–Kier alpha value is -3.62. The van der Waals surface area contributed by atoms with Crippen molar-refractivity contribution in [3.63, 3.8) is 0 Å². The van der Waals surface area contributed by atoms with Crippen LogP contribution in [-0.2, 0) is 15.9 Å². The molecule has 1 atom stereocenters. The van der Waals surface area contributed by atoms with Crippen molar-refractivity contribution >= 4 is 12.3 Å². The van der Waals surface area contributed by atoms with Crippen LogP contribution in [0.25, 0.3) is 0 Å². The first-order chi connectivity index (χ1) is 16.7. The lowest BCUT2D eigenvalue weighted by molar-refractivity contribution is 0.0608. The predicted molar refractivity (Wildman–Crippen MR) is 131 cm³/mol. The molecule has 0 saturated carbocycles. The Morgan fingerprint density at radius 2 is 1.47 bits per heavy atom. The van der Waals surface area contributed by atoms with E-state index in [1.54, 1.807) is 6.07 Å². The molecule has 2 N–H and O–H groups in total. The molecule has 196 valence electrons. The summed E-state index contributed by atoms with van der Waals surface area (Å²) in [7, 11) is 0. The number of phenolic OH excluding ortho intramolecular Hbond substituents is 2. The summed E-state index contributed by atoms with van der Waals surface area (Å²) in [5.74, 6) is 0.160. The molecule has 0 fully saturated rings. The third-order valence-electron chi connectivity index (χ3n) is 5.07. The van der Waals surface area contributed by atoms with E-state index in [1.165, 1.54) is 24.3 Å². The molecule has 0 spiro atoms. The fourth-order valence-electron chi connectivity index (χ4n) is 3.37. The van der Waals surface area contributed by atoms with Crippen molar-refractivity contribution < 1.29 is 43.5 Å². The van der Waals surface area contributed by atoms with Crippen molar-refractivity contribution in [3.8, 4) is 28.7 Å². The molecule has 9 heteroatoms. The van der Waals surface area contributed by atoms with Gasteiger partial charge in [0.25, 0.3) is 0 Å². The van der Waals surface area contributed by atoms with Crippen molar-refractivity contribution in [2.75, 3.05) is 13.2 Å². The summed E-state index contributed by atoms with van der Waals surface area (Å²) in [5.41, 5.74) is 0.721. The first-order valence-electron chi connectivity index (χ1n) is 11.7. The molecular formula is C27H34O9. The smallest absolute Gasteiger partial charge is 0.508 e. The Labute approximate surface area is 210 Å². The molecule has 0 aromatic heterocycles. The number of benzene rings is 2. The fourth-order valence-corrected chi connectivity index (χ4v) is 3.37. The number of hydrogen-bond acceptors (Lipinski definition) is 9. The van der Waals surface area contributed by atoms with Crippen molar-refractivity contribution in [3.05, 3.63) is 41.5 Å². The van der Waals surface area contributed by atoms with Crippen LogP contribution in [0.3, 0.4) is 0 Å². The summed E-state index contributed by atoms with van der Waals surface area (Å²) >= 11 is 0. The second-order valence-electron chi connectivity index (χ2n) is 11.2. The molecule has 0 saturated heterocycles. The van der Waals surface area contributed by atoms with E-state index >= 15 is 0 Å². The number of phenols is 2. The van der Waals surface area contributed by atoms with Gasteiger partial charge in [-0.2, -0.15) is 0 Å². The minimum Gasteiger partial charge on any atom is -0.508 e. The van der Waals surface area contributed by atoms with E-state index in [9.17, 15) is 19.8 Å². The highest BCUT2D eigenvalue weighted by molar-refractivity contribution is 5.69. The number of aromatic hydroxyl groups is 2. The number of carbonyl (C=O) groups is 2. The lowest BCUT2D eigenvalue weighted by Crippen LogP contribution is -2.22. The van der Waals surface area contributed by atoms with Crippen molar-refractivity contribution in [2.45, 2.75) is 60.5 Å². The molecule has 2 aromatic carbocycles. The molecule has 0 amide bonds. The average Bonchev–Trinajstić information content (AvgIpc) is 2.76. The minimum absolute atomic E-state index is 0.0168. The molecule has 1 heterocycles. The topological polar surface area (TPSA) is 121 Å². The van der Waals surface area contributed by atoms with Crippen molar-refractivity contribution in [1.29, 1.82) is 0 Å². The Bertz CT molecular complexity index is 1110. The summed E-state index contributed by atoms with van der Waals surface area (Å²) in [6.45, 7) is 11.7. The Kier molecular flexibility index (Phi) is 7.91. The van der Waals surface area contributed by atoms with Crippen LogP contribution in [0.1, 0.15) is 65.2 Å². The van der Waals surface area contributed by atoms with Gasteiger partial charge in [0.2, 0.25) is 0 Å². The molecule has 3 rings (SSSR count). The van der Waals surface area contributed by atoms with Crippen LogP contribution in [-0.4, -0.2) is 35.7 Å². The van der Waals surface area contributed by atoms with Gasteiger partial charge in [0.1, 0.15) is 23.4 Å². The molecule has 1 unspecified atom stereocenters. The van der Waals surface area contributed by atoms with Gasteiger partial charge in [0.15, 0.2) is 11.5 Å². The van der Waals surface area contributed by atoms with E-state index in [2.05, 4.69) is 0 Å². The van der Waals surface area contributed by atoms with Crippen molar-refractivity contribution in [1.82, 2.24) is 0 Å². The molecule has 0 radical (unpaired) electrons. The summed E-state index contributed by atoms with van der Waals surface area (Å²) in [4.78, 5) is 24.6. The highest BCUT2D eigenvalue weighted by Crippen LogP contribution is 2.43. The maximum atomic E-state index is 12.4. The maximum Gasteiger partial charge on any atom is 0.513 e. The summed E-state index contributed by atoms with van der Waals surface area (Å²) in [6, 6.07) is 7.40. The minimum atomic E-state index is -0.945. The predicted octanol–water partition coefficient (Wildman–Crippen LogP) is 6.29. The lowest BCUT2D eigenvalue weighted by atomic mass is 9.96. The molecule has 9 nitrogen and oxygen atoms in total. The van der Waals surface area contributed by atoms with Crippen LogP contribution < -0.4 is 14.2 Å². The zero-order valence-corrected chi connectivity index (χ0v) is 21.5. The number of rotatable bonds is 5. The van der Waals surface area contributed by atoms with Crippen LogP contribution in [0.2, 0.25) is 0 Å². The van der Waals surface area contributed by atoms with E-state index in [4.69, 9.17) is 23.7 Å². The van der Waals surface area contributed by atoms with Gasteiger partial charge in [-0.05, 0) is 41.4 Å². The van der Waals surface area contributed by atoms with Gasteiger partial charge in [0, 0.05) is 17.7 Å². The van der Waals surface area contributed by atoms with Crippen LogP contribution in [0.5, 0.6) is 28.7 Å². The zero-order chi connectivity index (χ0) is 26.7. The molecule has 0 bridgehead atoms. The largest absolute Gasteiger partial charge is 0.513 e. The Morgan fingerprint density at radius 1 is 0.889 bits per heavy atom. The number of fused-ring (bicyclic) bond motifs is 1. The summed E-state index contributed by atoms with van der Waals surface area (Å²) in [6.07, 6.45) is -1.31. The average molecular weight is 503 g/mol. The molecule has 1 aliphatic rings. The molecule has 0 aliphatic carbocycles. The highest BCUT2D eigenvalue weighted by atomic mass is 16.7. The van der Waals surface area contributed by atoms with Crippen LogP contribution in [0, 0.1) is 10.8 Å². The zero-order valence-electron chi connectivity index (χ0n) is 21.5. The second kappa shape index (κ2) is 10.6. The van der Waals surface area contributed by atoms with Gasteiger partial charge in [-0.3, -0.25) is 0 Å². The van der Waals surface area contributed by atoms with E-state index < -0.39 is 18.4 Å². The number of hydrogen-bond donors (Lipinski definition) is 2. The lowest BCUT2D eigenvalue weighted by Gasteiger charge is -2.27. The van der Waals surface area contributed by atoms with Gasteiger partial charge in [-0.15, -0.1) is 0 Å². The molecule has 2 aromatic rings. The first-order valence-corrected chi connectivity index (χ1v) is 11.7. The standard InChI is InChI=1S/C27H34O9/c1-26(2,3)14-32-24(30)35-21-9-7-16(11-23(21)36-25(31)33-15-27(4,5)6)20-10-8-18-19(29)12-17(28)13-22(18)34-20/h7,9,11-13,20,28-29H,8,10,14-15H2,1-6H3. The van der Waals surface area contributed by atoms with Crippen LogP contribution in [0.4, 0.5) is 9.59 Å². The monoisotopic (exact) mass is 502 g/mol. The second-order valence-corrected chi connectivity index (χ2v) is 11.2. The Morgan fingerprint density at radius 3 is 2.06 bits per heavy atom. The number of carbonyl (C=O) groups excluding carboxylic acids is 2. The third kappa shape index (κ3) is 7.69. The van der Waals surface area contributed by atoms with Crippen LogP contribution in [0.15, 0.2) is 30.3 Å². The third-order valence-corrected chi connectivity index (χ3v) is 5.07. The quantitative estimate of drug-likeness (QED) is 0.359. The van der Waals surface area contributed by atoms with Gasteiger partial charge in [-0.1, -0.05) is 47.6 Å². The van der Waals surface area contributed by atoms with E-state index in [0.29, 0.717) is 29.7 Å². The first kappa shape index (κ1) is 27.0. The highest BCUT2D eigenvalue weighted by Gasteiger charge is 2.27. The Balaban J connectivity index is 1.83. The summed E-state index contributed by atoms with van der Waals surface area (Å²) in [5, 5.41) is 19.9. The maximum absolute atomic E-state index is 12.4. The van der Waals surface area contributed by atoms with Crippen molar-refractivity contribution in [2.24, 2.45) is 10.8 Å². The fraction of sp³-hybridized carbons (Fsp3) is 0.481. The molecule has 36 heavy (non-hydrogen) atoms. The SMILES string of the molecule is CC(C)(C)COC(=O)Oc1ccc(C2CCc3c(O)cc(O)cc3O2)cc1OC(=O)OCC(C)(C)C. The van der Waals surface area contributed by atoms with E-state index in [-0.39, 0.29) is 47.0 Å².